The first-order chi connectivity index (χ1) is 25.5. The molecule has 53 heavy (non-hydrogen) atoms. The van der Waals surface area contributed by atoms with Gasteiger partial charge in [0.25, 0.3) is 0 Å². The van der Waals surface area contributed by atoms with Crippen molar-refractivity contribution in [2.45, 2.75) is 84.5 Å². The maximum Gasteiger partial charge on any atom is 0.151 e. The van der Waals surface area contributed by atoms with E-state index in [2.05, 4.69) is 74.5 Å². The van der Waals surface area contributed by atoms with Gasteiger partial charge in [-0.1, -0.05) is 59.7 Å². The van der Waals surface area contributed by atoms with Gasteiger partial charge in [0.15, 0.2) is 11.6 Å². The third kappa shape index (κ3) is 8.41. The van der Waals surface area contributed by atoms with Crippen molar-refractivity contribution >= 4 is 45.8 Å². The molecular formula is C45H50O6S2. The Balaban J connectivity index is 0.000000164. The topological polar surface area (TPSA) is 86.7 Å². The minimum Gasteiger partial charge on any atom is -0.381 e. The lowest BCUT2D eigenvalue weighted by atomic mass is 9.86. The van der Waals surface area contributed by atoms with Gasteiger partial charge in [0.2, 0.25) is 0 Å². The first-order valence-corrected chi connectivity index (χ1v) is 20.8. The number of benzene rings is 2. The summed E-state index contributed by atoms with van der Waals surface area (Å²) in [5.74, 6) is 0.0787. The number of rotatable bonds is 8. The van der Waals surface area contributed by atoms with Gasteiger partial charge in [-0.05, 0) is 106 Å². The summed E-state index contributed by atoms with van der Waals surface area (Å²) in [5.41, 5.74) is 6.60. The molecule has 6 nitrogen and oxygen atoms in total. The number of thiophene rings is 2. The van der Waals surface area contributed by atoms with Crippen LogP contribution in [0, 0.1) is 51.4 Å². The minimum absolute atomic E-state index is 0.0928. The van der Waals surface area contributed by atoms with Gasteiger partial charge < -0.3 is 9.47 Å². The van der Waals surface area contributed by atoms with E-state index >= 15 is 0 Å². The summed E-state index contributed by atoms with van der Waals surface area (Å²) in [6, 6.07) is 20.9. The number of hydrogen-bond acceptors (Lipinski definition) is 8. The summed E-state index contributed by atoms with van der Waals surface area (Å²) in [5, 5.41) is 0. The molecule has 2 saturated carbocycles. The number of carbonyl (C=O) groups is 4. The molecule has 0 spiro atoms. The molecule has 4 aliphatic rings. The Bertz CT molecular complexity index is 1960. The van der Waals surface area contributed by atoms with Crippen LogP contribution in [0.4, 0.5) is 0 Å². The number of Topliss-reactive ketones (excluding diaryl/α,β-unsaturated/α-hetero) is 4. The molecule has 0 N–H and O–H groups in total. The number of ketones is 4. The molecule has 0 amide bonds. The fourth-order valence-electron chi connectivity index (χ4n) is 8.61. The third-order valence-corrected chi connectivity index (χ3v) is 14.0. The molecule has 4 aromatic rings. The van der Waals surface area contributed by atoms with E-state index in [1.54, 1.807) is 22.7 Å². The molecule has 2 aliphatic carbocycles. The van der Waals surface area contributed by atoms with Gasteiger partial charge in [-0.2, -0.15) is 0 Å². The van der Waals surface area contributed by atoms with Gasteiger partial charge in [0, 0.05) is 70.6 Å². The van der Waals surface area contributed by atoms with Crippen LogP contribution in [0.15, 0.2) is 60.7 Å². The molecule has 2 saturated heterocycles. The molecule has 278 valence electrons. The van der Waals surface area contributed by atoms with E-state index < -0.39 is 11.8 Å². The van der Waals surface area contributed by atoms with Crippen molar-refractivity contribution in [2.75, 3.05) is 26.4 Å². The average Bonchev–Trinajstić information content (AvgIpc) is 3.97. The van der Waals surface area contributed by atoms with Crippen molar-refractivity contribution in [3.63, 3.8) is 0 Å². The van der Waals surface area contributed by atoms with Gasteiger partial charge in [0.05, 0.1) is 0 Å². The van der Waals surface area contributed by atoms with E-state index in [9.17, 15) is 19.2 Å². The van der Waals surface area contributed by atoms with Crippen LogP contribution in [-0.2, 0) is 28.7 Å². The quantitative estimate of drug-likeness (QED) is 0.167. The summed E-state index contributed by atoms with van der Waals surface area (Å²) in [7, 11) is 0. The van der Waals surface area contributed by atoms with Gasteiger partial charge in [-0.3, -0.25) is 19.2 Å². The van der Waals surface area contributed by atoms with E-state index in [-0.39, 0.29) is 35.0 Å². The van der Waals surface area contributed by atoms with Crippen LogP contribution in [0.5, 0.6) is 0 Å². The highest BCUT2D eigenvalue weighted by Crippen LogP contribution is 2.44. The van der Waals surface area contributed by atoms with Gasteiger partial charge in [0.1, 0.15) is 23.4 Å². The summed E-state index contributed by atoms with van der Waals surface area (Å²) in [6.45, 7) is 11.3. The molecule has 2 aliphatic heterocycles. The van der Waals surface area contributed by atoms with Crippen LogP contribution in [-0.4, -0.2) is 49.6 Å². The van der Waals surface area contributed by atoms with Crippen LogP contribution < -0.4 is 0 Å². The lowest BCUT2D eigenvalue weighted by molar-refractivity contribution is -0.126. The number of carbonyl (C=O) groups excluding carboxylic acids is 4. The summed E-state index contributed by atoms with van der Waals surface area (Å²) < 4.78 is 10.8. The second kappa shape index (κ2) is 16.4. The number of aryl methyl sites for hydroxylation is 4. The molecule has 5 atom stereocenters. The van der Waals surface area contributed by atoms with E-state index in [0.29, 0.717) is 24.7 Å². The van der Waals surface area contributed by atoms with E-state index in [0.717, 1.165) is 100 Å². The SMILES string of the molecule is Cc1ccc(-c2cc(C3C(=O)CC(CC4CCOC4)C3=O)c(C)s2)cc1.Cc1ccc(-c2cc(C3C(=O)CC(CC4CCOCC4)C3=O)c(C)s2)cc1. The molecule has 2 aromatic heterocycles. The molecular weight excluding hydrogens is 701 g/mol. The molecule has 4 fully saturated rings. The Morgan fingerprint density at radius 2 is 0.981 bits per heavy atom. The number of hydrogen-bond donors (Lipinski definition) is 0. The maximum atomic E-state index is 13.1. The largest absolute Gasteiger partial charge is 0.381 e. The predicted octanol–water partition coefficient (Wildman–Crippen LogP) is 9.79. The molecule has 8 heteroatoms. The van der Waals surface area contributed by atoms with Crippen LogP contribution in [0.25, 0.3) is 20.9 Å². The van der Waals surface area contributed by atoms with Gasteiger partial charge in [-0.15, -0.1) is 22.7 Å². The summed E-state index contributed by atoms with van der Waals surface area (Å²) >= 11 is 3.35. The normalized spacial score (nSPS) is 24.9. The third-order valence-electron chi connectivity index (χ3n) is 11.7. The maximum absolute atomic E-state index is 13.1. The van der Waals surface area contributed by atoms with Crippen molar-refractivity contribution in [3.8, 4) is 20.9 Å². The average molecular weight is 751 g/mol. The van der Waals surface area contributed by atoms with E-state index in [1.807, 2.05) is 13.8 Å². The molecule has 0 bridgehead atoms. The molecule has 4 heterocycles. The summed E-state index contributed by atoms with van der Waals surface area (Å²) in [4.78, 5) is 55.9. The monoisotopic (exact) mass is 750 g/mol. The lowest BCUT2D eigenvalue weighted by Crippen LogP contribution is -2.21. The standard InChI is InChI=1S/C23H26O3S.C22H24O3S/c1-14-3-5-17(6-4-14)21-13-19(15(2)27-21)22-20(24)12-18(23(22)25)11-16-7-9-26-10-8-16;1-13-3-5-16(6-4-13)20-11-18(14(2)26-20)21-19(23)10-17(22(21)24)9-15-7-8-25-12-15/h3-6,13,16,18,22H,7-12H2,1-2H3;3-6,11,15,17,21H,7-10,12H2,1-2H3. The first kappa shape index (κ1) is 37.7. The Hall–Kier alpha value is -3.56. The second-order valence-electron chi connectivity index (χ2n) is 15.6. The first-order valence-electron chi connectivity index (χ1n) is 19.2. The minimum atomic E-state index is -0.558. The van der Waals surface area contributed by atoms with E-state index in [1.165, 1.54) is 11.1 Å². The van der Waals surface area contributed by atoms with Crippen molar-refractivity contribution in [3.05, 3.63) is 92.7 Å². The Morgan fingerprint density at radius 3 is 1.42 bits per heavy atom. The Labute approximate surface area is 321 Å². The van der Waals surface area contributed by atoms with Crippen LogP contribution in [0.1, 0.15) is 88.8 Å². The number of ether oxygens (including phenoxy) is 2. The second-order valence-corrected chi connectivity index (χ2v) is 18.2. The zero-order valence-electron chi connectivity index (χ0n) is 31.3. The highest BCUT2D eigenvalue weighted by atomic mass is 32.1. The zero-order chi connectivity index (χ0) is 37.2. The Kier molecular flexibility index (Phi) is 11.7. The van der Waals surface area contributed by atoms with E-state index in [4.69, 9.17) is 9.47 Å². The highest BCUT2D eigenvalue weighted by Gasteiger charge is 2.45. The lowest BCUT2D eigenvalue weighted by Gasteiger charge is -2.23. The predicted molar refractivity (Wildman–Crippen MR) is 212 cm³/mol. The Morgan fingerprint density at radius 1 is 0.566 bits per heavy atom. The van der Waals surface area contributed by atoms with Crippen molar-refractivity contribution in [1.29, 1.82) is 0 Å². The summed E-state index contributed by atoms with van der Waals surface area (Å²) in [6.07, 6.45) is 5.49. The highest BCUT2D eigenvalue weighted by molar-refractivity contribution is 7.16. The molecule has 0 radical (unpaired) electrons. The van der Waals surface area contributed by atoms with Gasteiger partial charge >= 0.3 is 0 Å². The zero-order valence-corrected chi connectivity index (χ0v) is 32.9. The molecule has 8 rings (SSSR count). The smallest absolute Gasteiger partial charge is 0.151 e. The fourth-order valence-corrected chi connectivity index (χ4v) is 10.7. The van der Waals surface area contributed by atoms with Gasteiger partial charge in [-0.25, -0.2) is 0 Å². The molecule has 2 aromatic carbocycles. The van der Waals surface area contributed by atoms with Crippen LogP contribution in [0.2, 0.25) is 0 Å². The van der Waals surface area contributed by atoms with Crippen molar-refractivity contribution in [2.24, 2.45) is 23.7 Å². The van der Waals surface area contributed by atoms with Crippen LogP contribution >= 0.6 is 22.7 Å². The molecule has 5 unspecified atom stereocenters. The van der Waals surface area contributed by atoms with Crippen molar-refractivity contribution in [1.82, 2.24) is 0 Å². The fraction of sp³-hybridized carbons (Fsp3) is 0.467. The van der Waals surface area contributed by atoms with Crippen LogP contribution in [0.3, 0.4) is 0 Å². The van der Waals surface area contributed by atoms with Crippen molar-refractivity contribution < 1.29 is 28.7 Å².